The molecule has 2 N–H and O–H groups in total. The first-order valence-electron chi connectivity index (χ1n) is 11.4. The van der Waals surface area contributed by atoms with E-state index in [2.05, 4.69) is 37.8 Å². The summed E-state index contributed by atoms with van der Waals surface area (Å²) in [5.74, 6) is 0.688. The van der Waals surface area contributed by atoms with Crippen molar-refractivity contribution in [3.05, 3.63) is 75.7 Å². The number of aromatic amines is 1. The third kappa shape index (κ3) is 3.89. The summed E-state index contributed by atoms with van der Waals surface area (Å²) < 4.78 is 1.47. The molecule has 172 valence electrons. The zero-order valence-electron chi connectivity index (χ0n) is 19.1. The Morgan fingerprint density at radius 2 is 1.79 bits per heavy atom. The van der Waals surface area contributed by atoms with Crippen molar-refractivity contribution in [1.82, 2.24) is 30.2 Å². The summed E-state index contributed by atoms with van der Waals surface area (Å²) in [6.45, 7) is 3.83. The number of unbranched alkanes of at least 4 members (excludes halogenated alkanes) is 1. The highest BCUT2D eigenvalue weighted by atomic mass is 16.2. The van der Waals surface area contributed by atoms with Crippen molar-refractivity contribution in [2.24, 2.45) is 0 Å². The minimum absolute atomic E-state index is 0.145. The standard InChI is InChI=1S/C25H25N7O2/c1-3-4-9-21-20(24(34)32-15(2)23(33)27-25(32)26-21)14-16-10-12-17(13-11-16)18-7-5-6-8-19(18)22-28-30-31-29-22/h5-8,10-13,15H,3-4,9,14H2,1-2H3,(H,26,27,33)(H,28,29,30,31). The molecule has 9 heteroatoms. The Balaban J connectivity index is 1.49. The molecule has 1 aliphatic heterocycles. The molecule has 5 rings (SSSR count). The van der Waals surface area contributed by atoms with Crippen LogP contribution in [0.25, 0.3) is 22.5 Å². The molecule has 4 aromatic rings. The van der Waals surface area contributed by atoms with Crippen molar-refractivity contribution in [3.63, 3.8) is 0 Å². The predicted molar refractivity (Wildman–Crippen MR) is 128 cm³/mol. The molecule has 3 heterocycles. The van der Waals surface area contributed by atoms with Gasteiger partial charge >= 0.3 is 0 Å². The van der Waals surface area contributed by atoms with Gasteiger partial charge in [-0.3, -0.25) is 19.5 Å². The number of nitrogens with zero attached hydrogens (tertiary/aromatic N) is 5. The molecule has 0 radical (unpaired) electrons. The van der Waals surface area contributed by atoms with E-state index in [1.807, 2.05) is 48.5 Å². The maximum Gasteiger partial charge on any atom is 0.259 e. The van der Waals surface area contributed by atoms with E-state index in [0.717, 1.165) is 40.8 Å². The van der Waals surface area contributed by atoms with Crippen LogP contribution in [0.3, 0.4) is 0 Å². The molecule has 1 unspecified atom stereocenters. The Morgan fingerprint density at radius 1 is 1.03 bits per heavy atom. The summed E-state index contributed by atoms with van der Waals surface area (Å²) in [5.41, 5.74) is 5.17. The molecule has 0 fully saturated rings. The van der Waals surface area contributed by atoms with Crippen molar-refractivity contribution < 1.29 is 4.79 Å². The smallest absolute Gasteiger partial charge is 0.259 e. The number of nitrogens with one attached hydrogen (secondary N) is 2. The molecule has 1 aliphatic rings. The number of aromatic nitrogens is 6. The summed E-state index contributed by atoms with van der Waals surface area (Å²) in [6.07, 6.45) is 3.09. The topological polar surface area (TPSA) is 118 Å². The molecule has 1 atom stereocenters. The van der Waals surface area contributed by atoms with Gasteiger partial charge in [0.15, 0.2) is 0 Å². The Kier molecular flexibility index (Phi) is 5.75. The molecule has 2 aromatic heterocycles. The first kappa shape index (κ1) is 21.7. The van der Waals surface area contributed by atoms with Gasteiger partial charge in [-0.15, -0.1) is 10.2 Å². The van der Waals surface area contributed by atoms with Crippen LogP contribution in [-0.4, -0.2) is 36.1 Å². The monoisotopic (exact) mass is 455 g/mol. The van der Waals surface area contributed by atoms with E-state index in [1.54, 1.807) is 6.92 Å². The third-order valence-corrected chi connectivity index (χ3v) is 6.22. The number of tetrazole rings is 1. The number of carbonyl (C=O) groups excluding carboxylic acids is 1. The fourth-order valence-corrected chi connectivity index (χ4v) is 4.33. The summed E-state index contributed by atoms with van der Waals surface area (Å²) in [5, 5.41) is 17.1. The number of H-pyrrole nitrogens is 1. The van der Waals surface area contributed by atoms with Crippen LogP contribution < -0.4 is 10.9 Å². The van der Waals surface area contributed by atoms with Crippen molar-refractivity contribution in [2.45, 2.75) is 45.6 Å². The van der Waals surface area contributed by atoms with Crippen LogP contribution in [-0.2, 0) is 17.6 Å². The second-order valence-electron chi connectivity index (χ2n) is 8.46. The van der Waals surface area contributed by atoms with Gasteiger partial charge in [0.1, 0.15) is 6.04 Å². The Hall–Kier alpha value is -4.14. The molecule has 0 saturated carbocycles. The van der Waals surface area contributed by atoms with Crippen molar-refractivity contribution in [3.8, 4) is 22.5 Å². The van der Waals surface area contributed by atoms with Crippen LogP contribution in [0.5, 0.6) is 0 Å². The number of rotatable bonds is 7. The highest BCUT2D eigenvalue weighted by Crippen LogP contribution is 2.30. The van der Waals surface area contributed by atoms with Crippen molar-refractivity contribution >= 4 is 11.9 Å². The number of carbonyl (C=O) groups is 1. The third-order valence-electron chi connectivity index (χ3n) is 6.22. The van der Waals surface area contributed by atoms with Gasteiger partial charge < -0.3 is 0 Å². The Bertz CT molecular complexity index is 1390. The quantitative estimate of drug-likeness (QED) is 0.440. The number of benzene rings is 2. The number of hydrogen-bond donors (Lipinski definition) is 2. The molecule has 34 heavy (non-hydrogen) atoms. The first-order valence-corrected chi connectivity index (χ1v) is 11.4. The largest absolute Gasteiger partial charge is 0.294 e. The van der Waals surface area contributed by atoms with Gasteiger partial charge in [-0.05, 0) is 41.7 Å². The zero-order chi connectivity index (χ0) is 23.7. The molecular formula is C25H25N7O2. The van der Waals surface area contributed by atoms with Crippen LogP contribution in [0.4, 0.5) is 5.95 Å². The lowest BCUT2D eigenvalue weighted by Gasteiger charge is -2.13. The lowest BCUT2D eigenvalue weighted by atomic mass is 9.96. The van der Waals surface area contributed by atoms with Gasteiger partial charge in [-0.1, -0.05) is 61.9 Å². The van der Waals surface area contributed by atoms with E-state index in [9.17, 15) is 9.59 Å². The minimum atomic E-state index is -0.557. The lowest BCUT2D eigenvalue weighted by molar-refractivity contribution is -0.117. The summed E-state index contributed by atoms with van der Waals surface area (Å²) in [6, 6.07) is 15.5. The van der Waals surface area contributed by atoms with Crippen LogP contribution in [0.2, 0.25) is 0 Å². The van der Waals surface area contributed by atoms with Gasteiger partial charge in [-0.25, -0.2) is 4.98 Å². The normalized spacial score (nSPS) is 14.8. The summed E-state index contributed by atoms with van der Waals surface area (Å²) in [7, 11) is 0. The van der Waals surface area contributed by atoms with E-state index >= 15 is 0 Å². The van der Waals surface area contributed by atoms with Gasteiger partial charge in [0, 0.05) is 17.5 Å². The maximum atomic E-state index is 13.4. The molecule has 0 spiro atoms. The average Bonchev–Trinajstić information content (AvgIpc) is 3.49. The van der Waals surface area contributed by atoms with Gasteiger partial charge in [0.2, 0.25) is 17.7 Å². The SMILES string of the molecule is CCCCc1nc2n(c(=O)c1Cc1ccc(-c3ccccc3-c3nn[nH]n3)cc1)C(C)C(=O)N2. The van der Waals surface area contributed by atoms with Crippen LogP contribution in [0.1, 0.15) is 49.6 Å². The molecule has 9 nitrogen and oxygen atoms in total. The molecule has 0 saturated heterocycles. The van der Waals surface area contributed by atoms with Gasteiger partial charge in [0.25, 0.3) is 5.56 Å². The molecular weight excluding hydrogens is 430 g/mol. The summed E-state index contributed by atoms with van der Waals surface area (Å²) >= 11 is 0. The number of fused-ring (bicyclic) bond motifs is 1. The van der Waals surface area contributed by atoms with E-state index in [4.69, 9.17) is 0 Å². The Morgan fingerprint density at radius 3 is 2.50 bits per heavy atom. The first-order chi connectivity index (χ1) is 16.6. The number of hydrogen-bond acceptors (Lipinski definition) is 6. The van der Waals surface area contributed by atoms with E-state index in [1.165, 1.54) is 4.57 Å². The fourth-order valence-electron chi connectivity index (χ4n) is 4.33. The van der Waals surface area contributed by atoms with Gasteiger partial charge in [-0.2, -0.15) is 5.21 Å². The maximum absolute atomic E-state index is 13.4. The fraction of sp³-hybridized carbons (Fsp3) is 0.280. The van der Waals surface area contributed by atoms with E-state index < -0.39 is 6.04 Å². The highest BCUT2D eigenvalue weighted by Gasteiger charge is 2.30. The number of amides is 1. The highest BCUT2D eigenvalue weighted by molar-refractivity contribution is 5.95. The average molecular weight is 456 g/mol. The number of anilines is 1. The molecule has 1 amide bonds. The van der Waals surface area contributed by atoms with Crippen LogP contribution >= 0.6 is 0 Å². The van der Waals surface area contributed by atoms with E-state index in [-0.39, 0.29) is 11.5 Å². The minimum Gasteiger partial charge on any atom is -0.294 e. The summed E-state index contributed by atoms with van der Waals surface area (Å²) in [4.78, 5) is 30.2. The molecule has 0 aliphatic carbocycles. The molecule has 2 aromatic carbocycles. The zero-order valence-corrected chi connectivity index (χ0v) is 19.1. The van der Waals surface area contributed by atoms with E-state index in [0.29, 0.717) is 30.2 Å². The Labute approximate surface area is 196 Å². The van der Waals surface area contributed by atoms with Crippen molar-refractivity contribution in [1.29, 1.82) is 0 Å². The van der Waals surface area contributed by atoms with Crippen molar-refractivity contribution in [2.75, 3.05) is 5.32 Å². The van der Waals surface area contributed by atoms with Gasteiger partial charge in [0.05, 0.1) is 5.69 Å². The second kappa shape index (κ2) is 9.01. The number of aryl methyl sites for hydroxylation is 1. The predicted octanol–water partition coefficient (Wildman–Crippen LogP) is 3.54. The lowest BCUT2D eigenvalue weighted by Crippen LogP contribution is -2.28. The van der Waals surface area contributed by atoms with Crippen LogP contribution in [0.15, 0.2) is 53.3 Å². The second-order valence-corrected chi connectivity index (χ2v) is 8.46. The molecule has 0 bridgehead atoms. The van der Waals surface area contributed by atoms with Crippen LogP contribution in [0, 0.1) is 0 Å².